The number of ketones is 1. The van der Waals surface area contributed by atoms with Gasteiger partial charge in [0.25, 0.3) is 0 Å². The molecule has 1 heterocycles. The zero-order valence-corrected chi connectivity index (χ0v) is 8.41. The Balaban J connectivity index is 2.48. The fourth-order valence-electron chi connectivity index (χ4n) is 1.07. The molecule has 0 N–H and O–H groups in total. The number of hydrogen-bond donors (Lipinski definition) is 0. The number of nitrogens with zero attached hydrogens (tertiary/aromatic N) is 1. The van der Waals surface area contributed by atoms with E-state index in [9.17, 15) is 4.79 Å². The number of Topliss-reactive ketones (excluding diaryl/α,β-unsaturated/α-hetero) is 1. The average molecular weight is 191 g/mol. The highest BCUT2D eigenvalue weighted by molar-refractivity contribution is 5.86. The van der Waals surface area contributed by atoms with Crippen LogP contribution >= 0.6 is 0 Å². The minimum Gasteiger partial charge on any atom is -0.469 e. The average Bonchev–Trinajstić information content (AvgIpc) is 2.66. The van der Waals surface area contributed by atoms with E-state index in [-0.39, 0.29) is 5.78 Å². The number of rotatable bonds is 4. The van der Waals surface area contributed by atoms with E-state index in [1.165, 1.54) is 0 Å². The summed E-state index contributed by atoms with van der Waals surface area (Å²) in [6, 6.07) is 5.60. The molecule has 0 bridgehead atoms. The summed E-state index contributed by atoms with van der Waals surface area (Å²) in [7, 11) is 0. The fourth-order valence-corrected chi connectivity index (χ4v) is 1.07. The minimum absolute atomic E-state index is 0.0450. The molecule has 0 fully saturated rings. The number of aryl methyl sites for hydroxylation is 1. The van der Waals surface area contributed by atoms with Crippen LogP contribution in [0, 0.1) is 16.7 Å². The molecule has 0 spiro atoms. The predicted octanol–water partition coefficient (Wildman–Crippen LogP) is 2.33. The Labute approximate surface area is 83.3 Å². The van der Waals surface area contributed by atoms with E-state index in [0.717, 1.165) is 5.76 Å². The van der Waals surface area contributed by atoms with Gasteiger partial charge in [0.05, 0.1) is 12.3 Å². The highest BCUT2D eigenvalue weighted by Gasteiger charge is 2.26. The van der Waals surface area contributed by atoms with Gasteiger partial charge in [-0.15, -0.1) is 0 Å². The first-order valence-electron chi connectivity index (χ1n) is 4.53. The quantitative estimate of drug-likeness (QED) is 0.733. The monoisotopic (exact) mass is 191 g/mol. The zero-order valence-electron chi connectivity index (χ0n) is 8.41. The van der Waals surface area contributed by atoms with Crippen molar-refractivity contribution in [2.24, 2.45) is 5.41 Å². The molecule has 0 aliphatic carbocycles. The molecule has 0 unspecified atom stereocenters. The molecule has 14 heavy (non-hydrogen) atoms. The second-order valence-electron chi connectivity index (χ2n) is 3.74. The number of hydrogen-bond acceptors (Lipinski definition) is 3. The summed E-state index contributed by atoms with van der Waals surface area (Å²) in [6.07, 6.45) is 2.50. The summed E-state index contributed by atoms with van der Waals surface area (Å²) in [5, 5.41) is 8.73. The van der Waals surface area contributed by atoms with Crippen molar-refractivity contribution >= 4 is 5.78 Å². The van der Waals surface area contributed by atoms with Gasteiger partial charge in [-0.05, 0) is 26.0 Å². The van der Waals surface area contributed by atoms with E-state index in [4.69, 9.17) is 9.68 Å². The molecule has 0 amide bonds. The van der Waals surface area contributed by atoms with Crippen LogP contribution in [0.15, 0.2) is 22.8 Å². The van der Waals surface area contributed by atoms with Gasteiger partial charge in [-0.1, -0.05) is 0 Å². The van der Waals surface area contributed by atoms with Gasteiger partial charge in [-0.3, -0.25) is 4.79 Å². The van der Waals surface area contributed by atoms with Gasteiger partial charge in [-0.25, -0.2) is 0 Å². The van der Waals surface area contributed by atoms with E-state index in [2.05, 4.69) is 0 Å². The van der Waals surface area contributed by atoms with Gasteiger partial charge in [0, 0.05) is 12.8 Å². The molecule has 0 radical (unpaired) electrons. The summed E-state index contributed by atoms with van der Waals surface area (Å²) in [4.78, 5) is 11.5. The molecular formula is C11H13NO2. The smallest absolute Gasteiger partial charge is 0.152 e. The summed E-state index contributed by atoms with van der Waals surface area (Å²) in [6.45, 7) is 3.27. The third kappa shape index (κ3) is 2.46. The fraction of sp³-hybridized carbons (Fsp3) is 0.455. The van der Waals surface area contributed by atoms with Crippen molar-refractivity contribution in [3.8, 4) is 6.07 Å². The van der Waals surface area contributed by atoms with E-state index < -0.39 is 5.41 Å². The topological polar surface area (TPSA) is 54.0 Å². The molecule has 0 saturated heterocycles. The summed E-state index contributed by atoms with van der Waals surface area (Å²) in [5.74, 6) is 0.739. The molecule has 1 aromatic rings. The second kappa shape index (κ2) is 4.10. The molecule has 3 heteroatoms. The number of furan rings is 1. The maximum atomic E-state index is 11.5. The molecule has 1 rings (SSSR count). The van der Waals surface area contributed by atoms with Crippen LogP contribution in [-0.4, -0.2) is 5.78 Å². The second-order valence-corrected chi connectivity index (χ2v) is 3.74. The van der Waals surface area contributed by atoms with Crippen molar-refractivity contribution in [3.05, 3.63) is 24.2 Å². The standard InChI is InChI=1S/C11H13NO2/c1-11(2,8-12)10(13)6-5-9-4-3-7-14-9/h3-4,7H,5-6H2,1-2H3. The van der Waals surface area contributed by atoms with Gasteiger partial charge in [0.2, 0.25) is 0 Å². The molecular weight excluding hydrogens is 178 g/mol. The lowest BCUT2D eigenvalue weighted by Crippen LogP contribution is -2.22. The third-order valence-electron chi connectivity index (χ3n) is 2.16. The van der Waals surface area contributed by atoms with E-state index >= 15 is 0 Å². The first kappa shape index (κ1) is 10.5. The van der Waals surface area contributed by atoms with Gasteiger partial charge < -0.3 is 4.42 Å². The van der Waals surface area contributed by atoms with Gasteiger partial charge in [0.15, 0.2) is 5.78 Å². The van der Waals surface area contributed by atoms with Gasteiger partial charge in [0.1, 0.15) is 11.2 Å². The van der Waals surface area contributed by atoms with Crippen LogP contribution in [0.3, 0.4) is 0 Å². The number of carbonyl (C=O) groups is 1. The van der Waals surface area contributed by atoms with Gasteiger partial charge in [-0.2, -0.15) is 5.26 Å². The van der Waals surface area contributed by atoms with Crippen LogP contribution in [0.2, 0.25) is 0 Å². The molecule has 3 nitrogen and oxygen atoms in total. The van der Waals surface area contributed by atoms with E-state index in [0.29, 0.717) is 12.8 Å². The van der Waals surface area contributed by atoms with Crippen molar-refractivity contribution in [2.45, 2.75) is 26.7 Å². The Morgan fingerprint density at radius 3 is 2.86 bits per heavy atom. The minimum atomic E-state index is -0.882. The highest BCUT2D eigenvalue weighted by Crippen LogP contribution is 2.18. The van der Waals surface area contributed by atoms with E-state index in [1.54, 1.807) is 26.2 Å². The Bertz CT molecular complexity index is 344. The van der Waals surface area contributed by atoms with Crippen molar-refractivity contribution in [1.29, 1.82) is 5.26 Å². The largest absolute Gasteiger partial charge is 0.469 e. The SMILES string of the molecule is CC(C)(C#N)C(=O)CCc1ccco1. The van der Waals surface area contributed by atoms with Crippen LogP contribution in [0.5, 0.6) is 0 Å². The molecule has 1 aromatic heterocycles. The third-order valence-corrected chi connectivity index (χ3v) is 2.16. The van der Waals surface area contributed by atoms with Crippen LogP contribution in [0.1, 0.15) is 26.0 Å². The molecule has 74 valence electrons. The first-order valence-corrected chi connectivity index (χ1v) is 4.53. The van der Waals surface area contributed by atoms with Gasteiger partial charge >= 0.3 is 0 Å². The number of nitriles is 1. The normalized spacial score (nSPS) is 10.9. The first-order chi connectivity index (χ1) is 6.56. The van der Waals surface area contributed by atoms with Crippen LogP contribution in [0.4, 0.5) is 0 Å². The lowest BCUT2D eigenvalue weighted by Gasteiger charge is -2.12. The molecule has 0 aliphatic heterocycles. The molecule has 0 saturated carbocycles. The maximum absolute atomic E-state index is 11.5. The van der Waals surface area contributed by atoms with Crippen LogP contribution in [-0.2, 0) is 11.2 Å². The molecule has 0 atom stereocenters. The zero-order chi connectivity index (χ0) is 10.6. The Morgan fingerprint density at radius 2 is 2.36 bits per heavy atom. The highest BCUT2D eigenvalue weighted by atomic mass is 16.3. The predicted molar refractivity (Wildman–Crippen MR) is 51.4 cm³/mol. The summed E-state index contributed by atoms with van der Waals surface area (Å²) >= 11 is 0. The summed E-state index contributed by atoms with van der Waals surface area (Å²) < 4.78 is 5.10. The Hall–Kier alpha value is -1.56. The number of carbonyl (C=O) groups excluding carboxylic acids is 1. The van der Waals surface area contributed by atoms with Crippen molar-refractivity contribution < 1.29 is 9.21 Å². The Morgan fingerprint density at radius 1 is 1.64 bits per heavy atom. The van der Waals surface area contributed by atoms with E-state index in [1.807, 2.05) is 12.1 Å². The lowest BCUT2D eigenvalue weighted by atomic mass is 9.87. The Kier molecular flexibility index (Phi) is 3.08. The van der Waals surface area contributed by atoms with Crippen LogP contribution in [0.25, 0.3) is 0 Å². The maximum Gasteiger partial charge on any atom is 0.152 e. The summed E-state index contributed by atoms with van der Waals surface area (Å²) in [5.41, 5.74) is -0.882. The van der Waals surface area contributed by atoms with Crippen molar-refractivity contribution in [1.82, 2.24) is 0 Å². The lowest BCUT2D eigenvalue weighted by molar-refractivity contribution is -0.124. The van der Waals surface area contributed by atoms with Crippen LogP contribution < -0.4 is 0 Å². The van der Waals surface area contributed by atoms with Crippen molar-refractivity contribution in [2.75, 3.05) is 0 Å². The van der Waals surface area contributed by atoms with Crippen molar-refractivity contribution in [3.63, 3.8) is 0 Å². The molecule has 0 aliphatic rings. The molecule has 0 aromatic carbocycles.